The van der Waals surface area contributed by atoms with Crippen molar-refractivity contribution < 1.29 is 9.90 Å². The quantitative estimate of drug-likeness (QED) is 0.677. The molecule has 1 aromatic carbocycles. The summed E-state index contributed by atoms with van der Waals surface area (Å²) in [6.45, 7) is 2.69. The molecular formula is C10H15NO2. The summed E-state index contributed by atoms with van der Waals surface area (Å²) < 4.78 is 0. The van der Waals surface area contributed by atoms with Crippen LogP contribution in [0.5, 0.6) is 0 Å². The fourth-order valence-corrected chi connectivity index (χ4v) is 0.385. The van der Waals surface area contributed by atoms with Gasteiger partial charge >= 0.3 is 0 Å². The molecule has 1 rings (SSSR count). The number of benzene rings is 1. The Labute approximate surface area is 78.2 Å². The number of carbonyl (C=O) groups is 1. The van der Waals surface area contributed by atoms with E-state index in [1.807, 2.05) is 36.4 Å². The summed E-state index contributed by atoms with van der Waals surface area (Å²) in [4.78, 5) is 9.99. The van der Waals surface area contributed by atoms with E-state index in [0.29, 0.717) is 0 Å². The fourth-order valence-electron chi connectivity index (χ4n) is 0.385. The second kappa shape index (κ2) is 5.32. The van der Waals surface area contributed by atoms with Gasteiger partial charge in [0.15, 0.2) is 0 Å². The third-order valence-corrected chi connectivity index (χ3v) is 1.27. The molecule has 0 radical (unpaired) electrons. The van der Waals surface area contributed by atoms with Gasteiger partial charge in [-0.1, -0.05) is 36.4 Å². The summed E-state index contributed by atoms with van der Waals surface area (Å²) in [7, 11) is 0. The Morgan fingerprint density at radius 1 is 1.08 bits per heavy atom. The number of rotatable bonds is 1. The van der Waals surface area contributed by atoms with Gasteiger partial charge in [0.2, 0.25) is 5.91 Å². The molecule has 3 N–H and O–H groups in total. The minimum atomic E-state index is -1.36. The highest BCUT2D eigenvalue weighted by molar-refractivity contribution is 5.81. The summed E-state index contributed by atoms with van der Waals surface area (Å²) in [5, 5.41) is 8.62. The van der Waals surface area contributed by atoms with Gasteiger partial charge in [0.05, 0.1) is 0 Å². The zero-order valence-corrected chi connectivity index (χ0v) is 7.90. The Hall–Kier alpha value is -1.35. The Balaban J connectivity index is 0.000000223. The highest BCUT2D eigenvalue weighted by atomic mass is 16.3. The van der Waals surface area contributed by atoms with Crippen molar-refractivity contribution in [1.29, 1.82) is 0 Å². The van der Waals surface area contributed by atoms with Crippen molar-refractivity contribution in [1.82, 2.24) is 0 Å². The topological polar surface area (TPSA) is 63.3 Å². The smallest absolute Gasteiger partial charge is 0.248 e. The molecule has 0 aliphatic carbocycles. The molecule has 0 bridgehead atoms. The van der Waals surface area contributed by atoms with E-state index >= 15 is 0 Å². The van der Waals surface area contributed by atoms with Crippen molar-refractivity contribution in [3.63, 3.8) is 0 Å². The van der Waals surface area contributed by atoms with E-state index in [4.69, 9.17) is 5.11 Å². The normalized spacial score (nSPS) is 9.77. The van der Waals surface area contributed by atoms with Gasteiger partial charge in [-0.15, -0.1) is 0 Å². The lowest BCUT2D eigenvalue weighted by molar-refractivity contribution is -0.132. The SMILES string of the molecule is CC(C)(O)C(N)=O.c1ccccc1. The van der Waals surface area contributed by atoms with E-state index in [1.54, 1.807) is 0 Å². The molecule has 0 atom stereocenters. The Morgan fingerprint density at radius 3 is 1.31 bits per heavy atom. The standard InChI is InChI=1S/C6H6.C4H9NO2/c1-2-4-6-5-3-1;1-4(2,7)3(5)6/h1-6H;7H,1-2H3,(H2,5,6). The van der Waals surface area contributed by atoms with Crippen molar-refractivity contribution in [2.24, 2.45) is 5.73 Å². The van der Waals surface area contributed by atoms with Crippen LogP contribution in [0.25, 0.3) is 0 Å². The first-order valence-corrected chi connectivity index (χ1v) is 3.97. The van der Waals surface area contributed by atoms with Crippen molar-refractivity contribution in [3.05, 3.63) is 36.4 Å². The van der Waals surface area contributed by atoms with E-state index in [-0.39, 0.29) is 0 Å². The van der Waals surface area contributed by atoms with Gasteiger partial charge in [-0.2, -0.15) is 0 Å². The lowest BCUT2D eigenvalue weighted by Gasteiger charge is -2.09. The zero-order chi connectivity index (χ0) is 10.3. The van der Waals surface area contributed by atoms with Crippen LogP contribution in [0.1, 0.15) is 13.8 Å². The fraction of sp³-hybridized carbons (Fsp3) is 0.300. The number of primary amides is 1. The molecule has 3 heteroatoms. The molecule has 0 saturated carbocycles. The minimum Gasteiger partial charge on any atom is -0.381 e. The molecule has 0 aromatic heterocycles. The lowest BCUT2D eigenvalue weighted by Crippen LogP contribution is -2.37. The van der Waals surface area contributed by atoms with Gasteiger partial charge < -0.3 is 10.8 Å². The molecule has 0 fully saturated rings. The minimum absolute atomic E-state index is 0.701. The molecule has 13 heavy (non-hydrogen) atoms. The third kappa shape index (κ3) is 7.03. The van der Waals surface area contributed by atoms with Crippen LogP contribution in [-0.4, -0.2) is 16.6 Å². The molecule has 0 aliphatic rings. The summed E-state index contributed by atoms with van der Waals surface area (Å²) in [5.74, 6) is -0.701. The van der Waals surface area contributed by atoms with Gasteiger partial charge in [-0.05, 0) is 13.8 Å². The largest absolute Gasteiger partial charge is 0.381 e. The number of aliphatic hydroxyl groups is 1. The van der Waals surface area contributed by atoms with Crippen molar-refractivity contribution in [2.75, 3.05) is 0 Å². The molecule has 1 amide bonds. The predicted octanol–water partition coefficient (Wildman–Crippen LogP) is 0.929. The second-order valence-corrected chi connectivity index (χ2v) is 3.08. The number of hydrogen-bond acceptors (Lipinski definition) is 2. The maximum absolute atomic E-state index is 9.99. The van der Waals surface area contributed by atoms with Gasteiger partial charge in [-0.25, -0.2) is 0 Å². The Bertz CT molecular complexity index is 212. The molecule has 0 aliphatic heterocycles. The number of carbonyl (C=O) groups excluding carboxylic acids is 1. The van der Waals surface area contributed by atoms with E-state index in [9.17, 15) is 4.79 Å². The van der Waals surface area contributed by atoms with E-state index in [0.717, 1.165) is 0 Å². The van der Waals surface area contributed by atoms with Crippen molar-refractivity contribution in [2.45, 2.75) is 19.4 Å². The van der Waals surface area contributed by atoms with E-state index < -0.39 is 11.5 Å². The van der Waals surface area contributed by atoms with Gasteiger partial charge in [0, 0.05) is 0 Å². The molecule has 0 spiro atoms. The summed E-state index contributed by atoms with van der Waals surface area (Å²) in [6.07, 6.45) is 0. The van der Waals surface area contributed by atoms with Crippen LogP contribution in [0.15, 0.2) is 36.4 Å². The van der Waals surface area contributed by atoms with Gasteiger partial charge in [0.25, 0.3) is 0 Å². The average molecular weight is 181 g/mol. The molecule has 3 nitrogen and oxygen atoms in total. The lowest BCUT2D eigenvalue weighted by atomic mass is 10.1. The van der Waals surface area contributed by atoms with Gasteiger partial charge in [-0.3, -0.25) is 4.79 Å². The monoisotopic (exact) mass is 181 g/mol. The summed E-state index contributed by atoms with van der Waals surface area (Å²) in [6, 6.07) is 12.0. The molecule has 0 saturated heterocycles. The van der Waals surface area contributed by atoms with Gasteiger partial charge in [0.1, 0.15) is 5.60 Å². The highest BCUT2D eigenvalue weighted by Gasteiger charge is 2.18. The maximum Gasteiger partial charge on any atom is 0.248 e. The van der Waals surface area contributed by atoms with E-state index in [1.165, 1.54) is 13.8 Å². The first kappa shape index (κ1) is 11.6. The molecule has 72 valence electrons. The van der Waals surface area contributed by atoms with Crippen LogP contribution in [0.2, 0.25) is 0 Å². The molecule has 0 heterocycles. The predicted molar refractivity (Wildman–Crippen MR) is 51.9 cm³/mol. The van der Waals surface area contributed by atoms with Crippen LogP contribution in [0.3, 0.4) is 0 Å². The maximum atomic E-state index is 9.99. The highest BCUT2D eigenvalue weighted by Crippen LogP contribution is 1.95. The first-order chi connectivity index (χ1) is 5.94. The van der Waals surface area contributed by atoms with Crippen molar-refractivity contribution >= 4 is 5.91 Å². The second-order valence-electron chi connectivity index (χ2n) is 3.08. The zero-order valence-electron chi connectivity index (χ0n) is 7.90. The molecular weight excluding hydrogens is 166 g/mol. The summed E-state index contributed by atoms with van der Waals surface area (Å²) in [5.41, 5.74) is 3.32. The Morgan fingerprint density at radius 2 is 1.23 bits per heavy atom. The summed E-state index contributed by atoms with van der Waals surface area (Å²) >= 11 is 0. The average Bonchev–Trinajstić information content (AvgIpc) is 2.07. The number of hydrogen-bond donors (Lipinski definition) is 2. The number of amides is 1. The van der Waals surface area contributed by atoms with Crippen molar-refractivity contribution in [3.8, 4) is 0 Å². The van der Waals surface area contributed by atoms with Crippen LogP contribution in [0.4, 0.5) is 0 Å². The third-order valence-electron chi connectivity index (χ3n) is 1.27. The van der Waals surface area contributed by atoms with E-state index in [2.05, 4.69) is 5.73 Å². The van der Waals surface area contributed by atoms with Crippen LogP contribution < -0.4 is 5.73 Å². The first-order valence-electron chi connectivity index (χ1n) is 3.97. The van der Waals surface area contributed by atoms with Crippen LogP contribution in [0, 0.1) is 0 Å². The van der Waals surface area contributed by atoms with Crippen LogP contribution in [-0.2, 0) is 4.79 Å². The Kier molecular flexibility index (Phi) is 4.77. The molecule has 0 unspecified atom stereocenters. The number of nitrogens with two attached hydrogens (primary N) is 1. The molecule has 1 aromatic rings. The van der Waals surface area contributed by atoms with Crippen LogP contribution >= 0.6 is 0 Å².